The predicted molar refractivity (Wildman–Crippen MR) is 65.8 cm³/mol. The zero-order valence-corrected chi connectivity index (χ0v) is 10.0. The molecule has 0 atom stereocenters. The highest BCUT2D eigenvalue weighted by atomic mass is 32.1. The van der Waals surface area contributed by atoms with Crippen LogP contribution in [0.4, 0.5) is 0 Å². The minimum Gasteiger partial charge on any atom is -0.465 e. The topological polar surface area (TPSA) is 26.3 Å². The van der Waals surface area contributed by atoms with Gasteiger partial charge in [-0.3, -0.25) is 0 Å². The SMILES string of the molecule is COC(=O)c1ccc(-c2cccc(C)c2)s1. The van der Waals surface area contributed by atoms with Gasteiger partial charge in [0.05, 0.1) is 7.11 Å². The number of carbonyl (C=O) groups is 1. The summed E-state index contributed by atoms with van der Waals surface area (Å²) in [5.41, 5.74) is 2.35. The Balaban J connectivity index is 2.35. The van der Waals surface area contributed by atoms with E-state index in [1.54, 1.807) is 6.07 Å². The number of rotatable bonds is 2. The van der Waals surface area contributed by atoms with Gasteiger partial charge in [-0.1, -0.05) is 29.8 Å². The second-order valence-electron chi connectivity index (χ2n) is 3.52. The molecule has 16 heavy (non-hydrogen) atoms. The number of ether oxygens (including phenoxy) is 1. The van der Waals surface area contributed by atoms with Crippen LogP contribution in [0.3, 0.4) is 0 Å². The van der Waals surface area contributed by atoms with Gasteiger partial charge in [-0.25, -0.2) is 4.79 Å². The Kier molecular flexibility index (Phi) is 3.06. The highest BCUT2D eigenvalue weighted by molar-refractivity contribution is 7.17. The first-order valence-electron chi connectivity index (χ1n) is 4.96. The van der Waals surface area contributed by atoms with Crippen LogP contribution in [0.5, 0.6) is 0 Å². The van der Waals surface area contributed by atoms with Crippen LogP contribution < -0.4 is 0 Å². The standard InChI is InChI=1S/C13H12O2S/c1-9-4-3-5-10(8-9)11-6-7-12(16-11)13(14)15-2/h3-8H,1-2H3. The quantitative estimate of drug-likeness (QED) is 0.741. The van der Waals surface area contributed by atoms with Crippen molar-refractivity contribution in [3.05, 3.63) is 46.8 Å². The number of benzene rings is 1. The second kappa shape index (κ2) is 4.49. The van der Waals surface area contributed by atoms with E-state index in [-0.39, 0.29) is 5.97 Å². The number of esters is 1. The lowest BCUT2D eigenvalue weighted by Crippen LogP contribution is -1.96. The zero-order chi connectivity index (χ0) is 11.5. The van der Waals surface area contributed by atoms with Crippen LogP contribution in [-0.2, 0) is 4.74 Å². The molecule has 1 aromatic heterocycles. The number of hydrogen-bond acceptors (Lipinski definition) is 3. The van der Waals surface area contributed by atoms with Gasteiger partial charge >= 0.3 is 5.97 Å². The molecule has 0 aliphatic heterocycles. The summed E-state index contributed by atoms with van der Waals surface area (Å²) in [6.45, 7) is 2.05. The summed E-state index contributed by atoms with van der Waals surface area (Å²) in [6, 6.07) is 12.0. The maximum atomic E-state index is 11.3. The molecule has 0 unspecified atom stereocenters. The first kappa shape index (κ1) is 10.9. The lowest BCUT2D eigenvalue weighted by Gasteiger charge is -1.98. The van der Waals surface area contributed by atoms with Crippen LogP contribution in [0, 0.1) is 6.92 Å². The molecular weight excluding hydrogens is 220 g/mol. The maximum Gasteiger partial charge on any atom is 0.348 e. The van der Waals surface area contributed by atoms with Crippen molar-refractivity contribution < 1.29 is 9.53 Å². The van der Waals surface area contributed by atoms with Crippen LogP contribution >= 0.6 is 11.3 Å². The summed E-state index contributed by atoms with van der Waals surface area (Å²) in [5, 5.41) is 0. The third-order valence-electron chi connectivity index (χ3n) is 2.30. The predicted octanol–water partition coefficient (Wildman–Crippen LogP) is 3.51. The summed E-state index contributed by atoms with van der Waals surface area (Å²) in [5.74, 6) is -0.274. The molecule has 3 heteroatoms. The van der Waals surface area contributed by atoms with Gasteiger partial charge in [0.1, 0.15) is 4.88 Å². The summed E-state index contributed by atoms with van der Waals surface area (Å²) in [4.78, 5) is 13.0. The fourth-order valence-electron chi connectivity index (χ4n) is 1.50. The van der Waals surface area contributed by atoms with Crippen LogP contribution in [0.1, 0.15) is 15.2 Å². The smallest absolute Gasteiger partial charge is 0.348 e. The monoisotopic (exact) mass is 232 g/mol. The van der Waals surface area contributed by atoms with Crippen LogP contribution in [0.25, 0.3) is 10.4 Å². The molecule has 0 aliphatic carbocycles. The molecule has 0 spiro atoms. The van der Waals surface area contributed by atoms with Crippen molar-refractivity contribution >= 4 is 17.3 Å². The molecule has 0 fully saturated rings. The first-order valence-corrected chi connectivity index (χ1v) is 5.77. The highest BCUT2D eigenvalue weighted by Crippen LogP contribution is 2.28. The van der Waals surface area contributed by atoms with Gasteiger partial charge in [-0.15, -0.1) is 11.3 Å². The van der Waals surface area contributed by atoms with Gasteiger partial charge in [-0.05, 0) is 24.6 Å². The lowest BCUT2D eigenvalue weighted by atomic mass is 10.1. The number of aryl methyl sites for hydroxylation is 1. The van der Waals surface area contributed by atoms with E-state index in [0.29, 0.717) is 4.88 Å². The second-order valence-corrected chi connectivity index (χ2v) is 4.61. The molecule has 2 aromatic rings. The summed E-state index contributed by atoms with van der Waals surface area (Å²) < 4.78 is 4.68. The molecule has 2 rings (SSSR count). The van der Waals surface area contributed by atoms with Gasteiger partial charge < -0.3 is 4.74 Å². The molecule has 1 aromatic carbocycles. The fourth-order valence-corrected chi connectivity index (χ4v) is 2.42. The molecular formula is C13H12O2S. The Morgan fingerprint density at radius 3 is 2.75 bits per heavy atom. The molecule has 1 heterocycles. The minimum atomic E-state index is -0.274. The third kappa shape index (κ3) is 2.14. The molecule has 0 aliphatic rings. The number of carbonyl (C=O) groups excluding carboxylic acids is 1. The van der Waals surface area contributed by atoms with Crippen LogP contribution in [0.15, 0.2) is 36.4 Å². The van der Waals surface area contributed by atoms with Crippen molar-refractivity contribution in [1.29, 1.82) is 0 Å². The number of methoxy groups -OCH3 is 1. The van der Waals surface area contributed by atoms with Gasteiger partial charge in [0.25, 0.3) is 0 Å². The van der Waals surface area contributed by atoms with Gasteiger partial charge in [-0.2, -0.15) is 0 Å². The summed E-state index contributed by atoms with van der Waals surface area (Å²) in [7, 11) is 1.40. The van der Waals surface area contributed by atoms with Gasteiger partial charge in [0, 0.05) is 4.88 Å². The molecule has 0 N–H and O–H groups in total. The fraction of sp³-hybridized carbons (Fsp3) is 0.154. The van der Waals surface area contributed by atoms with Crippen LogP contribution in [0.2, 0.25) is 0 Å². The van der Waals surface area contributed by atoms with Crippen molar-refractivity contribution in [1.82, 2.24) is 0 Å². The third-order valence-corrected chi connectivity index (χ3v) is 3.41. The van der Waals surface area contributed by atoms with E-state index in [1.807, 2.05) is 18.2 Å². The maximum absolute atomic E-state index is 11.3. The van der Waals surface area contributed by atoms with Crippen molar-refractivity contribution in [2.75, 3.05) is 7.11 Å². The summed E-state index contributed by atoms with van der Waals surface area (Å²) in [6.07, 6.45) is 0. The van der Waals surface area contributed by atoms with Crippen molar-refractivity contribution in [2.45, 2.75) is 6.92 Å². The Bertz CT molecular complexity index is 514. The van der Waals surface area contributed by atoms with Crippen molar-refractivity contribution in [3.63, 3.8) is 0 Å². The average molecular weight is 232 g/mol. The minimum absolute atomic E-state index is 0.274. The largest absolute Gasteiger partial charge is 0.465 e. The molecule has 0 radical (unpaired) electrons. The molecule has 0 saturated carbocycles. The Hall–Kier alpha value is -1.61. The van der Waals surface area contributed by atoms with Crippen LogP contribution in [-0.4, -0.2) is 13.1 Å². The molecule has 2 nitrogen and oxygen atoms in total. The Labute approximate surface area is 98.5 Å². The Morgan fingerprint density at radius 2 is 2.06 bits per heavy atom. The van der Waals surface area contributed by atoms with Gasteiger partial charge in [0.15, 0.2) is 0 Å². The summed E-state index contributed by atoms with van der Waals surface area (Å²) >= 11 is 1.45. The van der Waals surface area contributed by atoms with E-state index in [9.17, 15) is 4.79 Å². The van der Waals surface area contributed by atoms with Gasteiger partial charge in [0.2, 0.25) is 0 Å². The van der Waals surface area contributed by atoms with E-state index < -0.39 is 0 Å². The molecule has 82 valence electrons. The average Bonchev–Trinajstić information content (AvgIpc) is 2.77. The van der Waals surface area contributed by atoms with Crippen molar-refractivity contribution in [3.8, 4) is 10.4 Å². The number of hydrogen-bond donors (Lipinski definition) is 0. The highest BCUT2D eigenvalue weighted by Gasteiger charge is 2.09. The van der Waals surface area contributed by atoms with E-state index in [0.717, 1.165) is 10.4 Å². The van der Waals surface area contributed by atoms with E-state index in [1.165, 1.54) is 24.0 Å². The van der Waals surface area contributed by atoms with E-state index in [4.69, 9.17) is 0 Å². The Morgan fingerprint density at radius 1 is 1.25 bits per heavy atom. The lowest BCUT2D eigenvalue weighted by molar-refractivity contribution is 0.0606. The number of thiophene rings is 1. The van der Waals surface area contributed by atoms with E-state index in [2.05, 4.69) is 23.8 Å². The molecule has 0 saturated heterocycles. The first-order chi connectivity index (χ1) is 7.70. The molecule has 0 amide bonds. The zero-order valence-electron chi connectivity index (χ0n) is 9.19. The van der Waals surface area contributed by atoms with Crippen molar-refractivity contribution in [2.24, 2.45) is 0 Å². The normalized spacial score (nSPS) is 10.1. The van der Waals surface area contributed by atoms with E-state index >= 15 is 0 Å². The molecule has 0 bridgehead atoms.